The third-order valence-corrected chi connectivity index (χ3v) is 3.25. The van der Waals surface area contributed by atoms with Gasteiger partial charge in [-0.1, -0.05) is 12.9 Å². The first-order chi connectivity index (χ1) is 9.78. The van der Waals surface area contributed by atoms with E-state index in [9.17, 15) is 0 Å². The number of hydrogen-bond donors (Lipinski definition) is 1. The molecule has 0 atom stereocenters. The minimum atomic E-state index is 0.716. The monoisotopic (exact) mass is 265 g/mol. The van der Waals surface area contributed by atoms with E-state index >= 15 is 0 Å². The van der Waals surface area contributed by atoms with E-state index in [1.165, 1.54) is 0 Å². The summed E-state index contributed by atoms with van der Waals surface area (Å²) in [5.41, 5.74) is 4.22. The van der Waals surface area contributed by atoms with Crippen LogP contribution in [0.25, 0.3) is 5.65 Å². The topological polar surface area (TPSA) is 55.1 Å². The Morgan fingerprint density at radius 2 is 2.25 bits per heavy atom. The molecule has 0 spiro atoms. The summed E-state index contributed by atoms with van der Waals surface area (Å²) >= 11 is 0. The van der Waals surface area contributed by atoms with Crippen LogP contribution in [-0.2, 0) is 6.54 Å². The molecule has 0 saturated heterocycles. The van der Waals surface area contributed by atoms with Crippen molar-refractivity contribution >= 4 is 24.2 Å². The predicted molar refractivity (Wildman–Crippen MR) is 81.9 cm³/mol. The van der Waals surface area contributed by atoms with Crippen molar-refractivity contribution in [2.45, 2.75) is 20.3 Å². The highest BCUT2D eigenvalue weighted by Crippen LogP contribution is 2.12. The first kappa shape index (κ1) is 12.7. The van der Waals surface area contributed by atoms with Gasteiger partial charge in [0.25, 0.3) is 0 Å². The Labute approximate surface area is 118 Å². The molecule has 0 radical (unpaired) electrons. The molecule has 6 heteroatoms. The van der Waals surface area contributed by atoms with Crippen LogP contribution in [0.15, 0.2) is 36.8 Å². The van der Waals surface area contributed by atoms with Gasteiger partial charge in [0.15, 0.2) is 12.9 Å². The second-order valence-corrected chi connectivity index (χ2v) is 4.76. The molecule has 0 saturated carbocycles. The van der Waals surface area contributed by atoms with Crippen molar-refractivity contribution in [3.05, 3.63) is 48.0 Å². The lowest BCUT2D eigenvalue weighted by Crippen LogP contribution is -2.13. The SMILES string of the molecule is CBc1cnn2c(NCc3cccnc3)cc(C)nc12. The summed E-state index contributed by atoms with van der Waals surface area (Å²) in [6, 6.07) is 6.00. The molecular formula is C14H16BN5. The van der Waals surface area contributed by atoms with E-state index in [1.54, 1.807) is 6.20 Å². The van der Waals surface area contributed by atoms with Gasteiger partial charge in [0.1, 0.15) is 5.82 Å². The Morgan fingerprint density at radius 3 is 3.00 bits per heavy atom. The van der Waals surface area contributed by atoms with Crippen LogP contribution in [0.5, 0.6) is 0 Å². The lowest BCUT2D eigenvalue weighted by molar-refractivity contribution is 0.916. The van der Waals surface area contributed by atoms with Crippen LogP contribution in [0.2, 0.25) is 6.82 Å². The van der Waals surface area contributed by atoms with Gasteiger partial charge >= 0.3 is 0 Å². The summed E-state index contributed by atoms with van der Waals surface area (Å²) in [5, 5.41) is 7.82. The van der Waals surface area contributed by atoms with Crippen LogP contribution in [-0.4, -0.2) is 26.9 Å². The molecule has 0 aliphatic heterocycles. The third-order valence-electron chi connectivity index (χ3n) is 3.25. The zero-order valence-electron chi connectivity index (χ0n) is 11.7. The molecule has 1 N–H and O–H groups in total. The number of nitrogens with zero attached hydrogens (tertiary/aromatic N) is 4. The Bertz CT molecular complexity index is 723. The van der Waals surface area contributed by atoms with Gasteiger partial charge in [0.05, 0.1) is 0 Å². The highest BCUT2D eigenvalue weighted by molar-refractivity contribution is 6.54. The number of rotatable bonds is 4. The number of anilines is 1. The van der Waals surface area contributed by atoms with Crippen LogP contribution < -0.4 is 10.8 Å². The predicted octanol–water partition coefficient (Wildman–Crippen LogP) is 1.15. The highest BCUT2D eigenvalue weighted by atomic mass is 15.3. The Kier molecular flexibility index (Phi) is 3.37. The van der Waals surface area contributed by atoms with Gasteiger partial charge in [-0.15, -0.1) is 0 Å². The number of pyridine rings is 1. The van der Waals surface area contributed by atoms with Crippen LogP contribution in [0.4, 0.5) is 5.82 Å². The lowest BCUT2D eigenvalue weighted by atomic mass is 9.75. The quantitative estimate of drug-likeness (QED) is 0.719. The van der Waals surface area contributed by atoms with E-state index < -0.39 is 0 Å². The smallest absolute Gasteiger partial charge is 0.161 e. The van der Waals surface area contributed by atoms with E-state index in [4.69, 9.17) is 0 Å². The van der Waals surface area contributed by atoms with Crippen LogP contribution in [0.3, 0.4) is 0 Å². The maximum Gasteiger partial charge on any atom is 0.161 e. The van der Waals surface area contributed by atoms with Crippen molar-refractivity contribution in [3.63, 3.8) is 0 Å². The maximum atomic E-state index is 4.57. The zero-order chi connectivity index (χ0) is 13.9. The maximum absolute atomic E-state index is 4.57. The van der Waals surface area contributed by atoms with Crippen molar-refractivity contribution in [1.29, 1.82) is 0 Å². The summed E-state index contributed by atoms with van der Waals surface area (Å²) < 4.78 is 1.86. The van der Waals surface area contributed by atoms with Gasteiger partial charge in [0.2, 0.25) is 0 Å². The Morgan fingerprint density at radius 1 is 1.35 bits per heavy atom. The molecule has 20 heavy (non-hydrogen) atoms. The third kappa shape index (κ3) is 2.36. The first-order valence-corrected chi connectivity index (χ1v) is 6.75. The van der Waals surface area contributed by atoms with Gasteiger partial charge in [-0.3, -0.25) is 4.98 Å². The minimum Gasteiger partial charge on any atom is -0.366 e. The molecule has 0 aliphatic carbocycles. The normalized spacial score (nSPS) is 10.7. The standard InChI is InChI=1S/C14H16BN5/c1-10-6-13(17-8-11-4-3-5-16-7-11)20-14(19-10)12(15-2)9-18-20/h3-7,9,15,17H,8H2,1-2H3. The molecule has 0 aliphatic rings. The van der Waals surface area contributed by atoms with Crippen molar-refractivity contribution < 1.29 is 0 Å². The summed E-state index contributed by atoms with van der Waals surface area (Å²) in [5.74, 6) is 0.955. The van der Waals surface area contributed by atoms with Gasteiger partial charge in [-0.25, -0.2) is 4.98 Å². The molecule has 0 amide bonds. The van der Waals surface area contributed by atoms with E-state index in [1.807, 2.05) is 42.0 Å². The molecule has 0 bridgehead atoms. The van der Waals surface area contributed by atoms with Crippen molar-refractivity contribution in [2.24, 2.45) is 0 Å². The van der Waals surface area contributed by atoms with E-state index in [0.29, 0.717) is 6.54 Å². The average Bonchev–Trinajstić information content (AvgIpc) is 2.88. The van der Waals surface area contributed by atoms with Crippen LogP contribution in [0, 0.1) is 6.92 Å². The number of fused-ring (bicyclic) bond motifs is 1. The summed E-state index contributed by atoms with van der Waals surface area (Å²) in [4.78, 5) is 8.69. The molecule has 100 valence electrons. The number of aryl methyl sites for hydroxylation is 1. The largest absolute Gasteiger partial charge is 0.366 e. The van der Waals surface area contributed by atoms with Crippen LogP contribution in [0.1, 0.15) is 11.3 Å². The second kappa shape index (κ2) is 5.32. The second-order valence-electron chi connectivity index (χ2n) is 4.76. The number of nitrogens with one attached hydrogen (secondary N) is 1. The van der Waals surface area contributed by atoms with Gasteiger partial charge in [-0.2, -0.15) is 9.61 Å². The lowest BCUT2D eigenvalue weighted by Gasteiger charge is -2.09. The Hall–Kier alpha value is -2.37. The van der Waals surface area contributed by atoms with E-state index in [0.717, 1.165) is 35.5 Å². The van der Waals surface area contributed by atoms with Gasteiger partial charge in [-0.05, 0) is 24.0 Å². The van der Waals surface area contributed by atoms with E-state index in [-0.39, 0.29) is 0 Å². The van der Waals surface area contributed by atoms with E-state index in [2.05, 4.69) is 27.2 Å². The minimum absolute atomic E-state index is 0.716. The number of hydrogen-bond acceptors (Lipinski definition) is 4. The first-order valence-electron chi connectivity index (χ1n) is 6.75. The molecule has 0 fully saturated rings. The molecule has 3 heterocycles. The molecule has 5 nitrogen and oxygen atoms in total. The summed E-state index contributed by atoms with van der Waals surface area (Å²) in [6.07, 6.45) is 5.52. The zero-order valence-corrected chi connectivity index (χ0v) is 11.7. The number of aromatic nitrogens is 4. The van der Waals surface area contributed by atoms with Crippen molar-refractivity contribution in [2.75, 3.05) is 5.32 Å². The molecule has 0 aromatic carbocycles. The Balaban J connectivity index is 1.93. The molecule has 3 aromatic heterocycles. The summed E-state index contributed by atoms with van der Waals surface area (Å²) in [6.45, 7) is 4.83. The average molecular weight is 265 g/mol. The molecule has 3 aromatic rings. The fourth-order valence-electron chi connectivity index (χ4n) is 2.20. The van der Waals surface area contributed by atoms with Crippen molar-refractivity contribution in [3.8, 4) is 0 Å². The fourth-order valence-corrected chi connectivity index (χ4v) is 2.20. The summed E-state index contributed by atoms with van der Waals surface area (Å²) in [7, 11) is 0.933. The highest BCUT2D eigenvalue weighted by Gasteiger charge is 2.09. The molecule has 0 unspecified atom stereocenters. The molecular weight excluding hydrogens is 249 g/mol. The van der Waals surface area contributed by atoms with Gasteiger partial charge < -0.3 is 5.32 Å². The molecule has 3 rings (SSSR count). The van der Waals surface area contributed by atoms with Gasteiger partial charge in [0, 0.05) is 36.9 Å². The van der Waals surface area contributed by atoms with Crippen molar-refractivity contribution in [1.82, 2.24) is 19.6 Å². The van der Waals surface area contributed by atoms with Crippen LogP contribution >= 0.6 is 0 Å². The fraction of sp³-hybridized carbons (Fsp3) is 0.214.